The maximum absolute atomic E-state index is 14.4. The van der Waals surface area contributed by atoms with Crippen molar-refractivity contribution in [3.63, 3.8) is 0 Å². The Balaban J connectivity index is 1.51. The van der Waals surface area contributed by atoms with Crippen LogP contribution in [-0.4, -0.2) is 48.5 Å². The summed E-state index contributed by atoms with van der Waals surface area (Å²) in [5.74, 6) is -0.282. The van der Waals surface area contributed by atoms with E-state index in [0.717, 1.165) is 44.0 Å². The van der Waals surface area contributed by atoms with Crippen molar-refractivity contribution < 1.29 is 18.8 Å². The van der Waals surface area contributed by atoms with E-state index >= 15 is 0 Å². The zero-order chi connectivity index (χ0) is 27.9. The third-order valence-corrected chi connectivity index (χ3v) is 6.48. The molecule has 2 N–H and O–H groups in total. The highest BCUT2D eigenvalue weighted by Gasteiger charge is 2.22. The summed E-state index contributed by atoms with van der Waals surface area (Å²) in [6.45, 7) is 8.34. The van der Waals surface area contributed by atoms with Gasteiger partial charge < -0.3 is 15.5 Å². The molecule has 3 heterocycles. The van der Waals surface area contributed by atoms with Gasteiger partial charge in [0.15, 0.2) is 0 Å². The van der Waals surface area contributed by atoms with Crippen LogP contribution in [0.25, 0.3) is 0 Å². The molecule has 2 amide bonds. The van der Waals surface area contributed by atoms with Gasteiger partial charge in [-0.05, 0) is 68.5 Å². The fourth-order valence-corrected chi connectivity index (χ4v) is 4.40. The molecule has 1 saturated heterocycles. The lowest BCUT2D eigenvalue weighted by molar-refractivity contribution is 0.0771. The summed E-state index contributed by atoms with van der Waals surface area (Å²) in [5, 5.41) is 7.10. The van der Waals surface area contributed by atoms with Gasteiger partial charge in [-0.25, -0.2) is 9.37 Å². The first-order valence-corrected chi connectivity index (χ1v) is 13.2. The maximum atomic E-state index is 14.4. The van der Waals surface area contributed by atoms with E-state index in [2.05, 4.69) is 39.3 Å². The molecule has 3 aromatic rings. The highest BCUT2D eigenvalue weighted by atomic mass is 19.1. The zero-order valence-corrected chi connectivity index (χ0v) is 22.8. The number of halogens is 1. The number of aromatic nitrogens is 2. The van der Waals surface area contributed by atoms with E-state index in [0.29, 0.717) is 34.5 Å². The molecule has 10 heteroatoms. The van der Waals surface area contributed by atoms with Crippen LogP contribution in [0.3, 0.4) is 0 Å². The first-order valence-electron chi connectivity index (χ1n) is 13.2. The third-order valence-electron chi connectivity index (χ3n) is 6.48. The molecule has 39 heavy (non-hydrogen) atoms. The number of carbonyl (C=O) groups is 2. The van der Waals surface area contributed by atoms with Crippen molar-refractivity contribution in [2.24, 2.45) is 5.92 Å². The third kappa shape index (κ3) is 7.08. The van der Waals surface area contributed by atoms with E-state index in [1.54, 1.807) is 31.3 Å². The largest absolute Gasteiger partial charge is 0.371 e. The molecular weight excluding hydrogens is 499 g/mol. The van der Waals surface area contributed by atoms with Crippen molar-refractivity contribution in [2.45, 2.75) is 40.0 Å². The van der Waals surface area contributed by atoms with E-state index in [-0.39, 0.29) is 11.1 Å². The zero-order valence-electron chi connectivity index (χ0n) is 22.8. The Morgan fingerprint density at radius 3 is 2.51 bits per heavy atom. The van der Waals surface area contributed by atoms with Crippen LogP contribution in [0.1, 0.15) is 59.5 Å². The van der Waals surface area contributed by atoms with Crippen LogP contribution < -0.4 is 20.6 Å². The lowest BCUT2D eigenvalue weighted by Gasteiger charge is -2.29. The number of piperidine rings is 1. The average Bonchev–Trinajstić information content (AvgIpc) is 2.94. The van der Waals surface area contributed by atoms with Crippen LogP contribution in [0.2, 0.25) is 0 Å². The first kappa shape index (κ1) is 28.0. The smallest absolute Gasteiger partial charge is 0.284 e. The predicted molar refractivity (Wildman–Crippen MR) is 151 cm³/mol. The van der Waals surface area contributed by atoms with Crippen molar-refractivity contribution in [2.75, 3.05) is 47.3 Å². The number of nitrogens with one attached hydrogen (secondary N) is 2. The molecule has 2 aromatic heterocycles. The summed E-state index contributed by atoms with van der Waals surface area (Å²) < 4.78 is 14.4. The summed E-state index contributed by atoms with van der Waals surface area (Å²) in [7, 11) is 1.39. The Labute approximate surface area is 228 Å². The summed E-state index contributed by atoms with van der Waals surface area (Å²) >= 11 is 0. The standard InChI is InChI=1S/C29H35FN6O3/c1-19(2)16-32-27-9-8-24(18-33-27)36(39-4)29(38)26-15-23(17-31-20(26)3)34-28(37)21-12-22(30)14-25(13-21)35-10-6-5-7-11-35/h8-9,12-15,17-19H,5-7,10-11,16H2,1-4H3,(H,32,33)(H,34,37). The van der Waals surface area contributed by atoms with Crippen molar-refractivity contribution in [3.8, 4) is 0 Å². The molecule has 0 saturated carbocycles. The number of aryl methyl sites for hydroxylation is 1. The van der Waals surface area contributed by atoms with E-state index in [4.69, 9.17) is 4.84 Å². The Bertz CT molecular complexity index is 1310. The van der Waals surface area contributed by atoms with E-state index in [1.165, 1.54) is 31.5 Å². The number of hydroxylamine groups is 1. The number of hydrogen-bond acceptors (Lipinski definition) is 7. The molecular formula is C29H35FN6O3. The SMILES string of the molecule is CON(C(=O)c1cc(NC(=O)c2cc(F)cc(N3CCCCC3)c2)cnc1C)c1ccc(NCC(C)C)nc1. The van der Waals surface area contributed by atoms with Gasteiger partial charge in [-0.15, -0.1) is 0 Å². The topological polar surface area (TPSA) is 99.7 Å². The van der Waals surface area contributed by atoms with Gasteiger partial charge in [0.2, 0.25) is 0 Å². The summed E-state index contributed by atoms with van der Waals surface area (Å²) in [6.07, 6.45) is 6.23. The number of pyridine rings is 2. The van der Waals surface area contributed by atoms with Crippen LogP contribution in [0, 0.1) is 18.7 Å². The van der Waals surface area contributed by atoms with Crippen molar-refractivity contribution in [1.82, 2.24) is 9.97 Å². The van der Waals surface area contributed by atoms with Gasteiger partial charge in [0, 0.05) is 30.9 Å². The van der Waals surface area contributed by atoms with Crippen molar-refractivity contribution in [3.05, 3.63) is 71.4 Å². The molecule has 1 aliphatic rings. The van der Waals surface area contributed by atoms with Crippen LogP contribution in [0.4, 0.5) is 27.3 Å². The summed E-state index contributed by atoms with van der Waals surface area (Å²) in [4.78, 5) is 42.6. The second-order valence-corrected chi connectivity index (χ2v) is 10.0. The molecule has 1 aromatic carbocycles. The van der Waals surface area contributed by atoms with Gasteiger partial charge in [0.1, 0.15) is 11.6 Å². The molecule has 206 valence electrons. The van der Waals surface area contributed by atoms with Gasteiger partial charge in [-0.3, -0.25) is 19.4 Å². The van der Waals surface area contributed by atoms with Gasteiger partial charge in [0.25, 0.3) is 11.8 Å². The lowest BCUT2D eigenvalue weighted by Crippen LogP contribution is -2.31. The van der Waals surface area contributed by atoms with E-state index in [9.17, 15) is 14.0 Å². The maximum Gasteiger partial charge on any atom is 0.284 e. The van der Waals surface area contributed by atoms with Gasteiger partial charge in [-0.1, -0.05) is 13.8 Å². The highest BCUT2D eigenvalue weighted by molar-refractivity contribution is 6.08. The van der Waals surface area contributed by atoms with Crippen LogP contribution in [0.5, 0.6) is 0 Å². The minimum Gasteiger partial charge on any atom is -0.371 e. The van der Waals surface area contributed by atoms with Gasteiger partial charge >= 0.3 is 0 Å². The number of hydrogen-bond donors (Lipinski definition) is 2. The number of rotatable bonds is 9. The molecule has 0 spiro atoms. The van der Waals surface area contributed by atoms with Gasteiger partial charge in [-0.2, -0.15) is 5.06 Å². The van der Waals surface area contributed by atoms with Crippen molar-refractivity contribution in [1.29, 1.82) is 0 Å². The number of carbonyl (C=O) groups excluding carboxylic acids is 2. The number of nitrogens with zero attached hydrogens (tertiary/aromatic N) is 4. The fourth-order valence-electron chi connectivity index (χ4n) is 4.40. The quantitative estimate of drug-likeness (QED) is 0.353. The predicted octanol–water partition coefficient (Wildman–Crippen LogP) is 5.44. The fraction of sp³-hybridized carbons (Fsp3) is 0.379. The Morgan fingerprint density at radius 1 is 1.08 bits per heavy atom. The second kappa shape index (κ2) is 12.7. The molecule has 0 bridgehead atoms. The minimum absolute atomic E-state index is 0.194. The normalized spacial score (nSPS) is 13.3. The summed E-state index contributed by atoms with van der Waals surface area (Å²) in [5.41, 5.74) is 2.33. The molecule has 0 aliphatic carbocycles. The van der Waals surface area contributed by atoms with Crippen LogP contribution in [-0.2, 0) is 4.84 Å². The number of anilines is 4. The lowest BCUT2D eigenvalue weighted by atomic mass is 10.1. The second-order valence-electron chi connectivity index (χ2n) is 10.0. The van der Waals surface area contributed by atoms with Crippen molar-refractivity contribution >= 4 is 34.7 Å². The minimum atomic E-state index is -0.492. The van der Waals surface area contributed by atoms with Gasteiger partial charge in [0.05, 0.1) is 42.1 Å². The first-order chi connectivity index (χ1) is 18.7. The molecule has 0 radical (unpaired) electrons. The Hall–Kier alpha value is -4.05. The molecule has 1 fully saturated rings. The molecule has 9 nitrogen and oxygen atoms in total. The van der Waals surface area contributed by atoms with Crippen LogP contribution >= 0.6 is 0 Å². The Morgan fingerprint density at radius 2 is 1.85 bits per heavy atom. The van der Waals surface area contributed by atoms with Crippen LogP contribution in [0.15, 0.2) is 48.8 Å². The highest BCUT2D eigenvalue weighted by Crippen LogP contribution is 2.25. The van der Waals surface area contributed by atoms with E-state index in [1.807, 2.05) is 0 Å². The monoisotopic (exact) mass is 534 g/mol. The Kier molecular flexibility index (Phi) is 9.08. The molecule has 0 unspecified atom stereocenters. The molecule has 0 atom stereocenters. The molecule has 4 rings (SSSR count). The average molecular weight is 535 g/mol. The van der Waals surface area contributed by atoms with E-state index < -0.39 is 17.6 Å². The number of benzene rings is 1. The summed E-state index contributed by atoms with van der Waals surface area (Å²) in [6, 6.07) is 9.39. The molecule has 1 aliphatic heterocycles. The number of amides is 2.